The standard InChI is InChI=1S/C13H12BrClN2/c1-8-2-4-10(7-12(8)15)17-13-5-3-9(16)6-11(13)14/h2-7,17H,16H2,1H3. The molecule has 0 aliphatic carbocycles. The number of rotatable bonds is 2. The van der Waals surface area contributed by atoms with E-state index in [1.165, 1.54) is 0 Å². The summed E-state index contributed by atoms with van der Waals surface area (Å²) in [4.78, 5) is 0. The van der Waals surface area contributed by atoms with Crippen LogP contribution in [0, 0.1) is 6.92 Å². The number of nitrogens with two attached hydrogens (primary N) is 1. The van der Waals surface area contributed by atoms with Gasteiger partial charge in [0.1, 0.15) is 0 Å². The highest BCUT2D eigenvalue weighted by Gasteiger charge is 2.02. The summed E-state index contributed by atoms with van der Waals surface area (Å²) in [5.74, 6) is 0. The van der Waals surface area contributed by atoms with Gasteiger partial charge in [-0.25, -0.2) is 0 Å². The fraction of sp³-hybridized carbons (Fsp3) is 0.0769. The van der Waals surface area contributed by atoms with Gasteiger partial charge in [0.15, 0.2) is 0 Å². The van der Waals surface area contributed by atoms with Crippen molar-refractivity contribution in [3.05, 3.63) is 51.5 Å². The fourth-order valence-electron chi connectivity index (χ4n) is 1.46. The number of halogens is 2. The molecule has 0 atom stereocenters. The molecular weight excluding hydrogens is 300 g/mol. The largest absolute Gasteiger partial charge is 0.399 e. The Morgan fingerprint density at radius 2 is 1.94 bits per heavy atom. The third-order valence-corrected chi connectivity index (χ3v) is 3.51. The molecule has 0 heterocycles. The summed E-state index contributed by atoms with van der Waals surface area (Å²) < 4.78 is 0.925. The first-order chi connectivity index (χ1) is 8.06. The first-order valence-corrected chi connectivity index (χ1v) is 6.31. The van der Waals surface area contributed by atoms with E-state index < -0.39 is 0 Å². The molecule has 4 heteroatoms. The van der Waals surface area contributed by atoms with Crippen molar-refractivity contribution >= 4 is 44.6 Å². The van der Waals surface area contributed by atoms with E-state index in [-0.39, 0.29) is 0 Å². The molecule has 0 radical (unpaired) electrons. The van der Waals surface area contributed by atoms with Crippen LogP contribution >= 0.6 is 27.5 Å². The zero-order chi connectivity index (χ0) is 12.4. The van der Waals surface area contributed by atoms with Crippen LogP contribution in [0.15, 0.2) is 40.9 Å². The van der Waals surface area contributed by atoms with Gasteiger partial charge in [-0.1, -0.05) is 17.7 Å². The normalized spacial score (nSPS) is 10.3. The van der Waals surface area contributed by atoms with Crippen molar-refractivity contribution in [3.63, 3.8) is 0 Å². The van der Waals surface area contributed by atoms with Crippen LogP contribution in [-0.2, 0) is 0 Å². The fourth-order valence-corrected chi connectivity index (χ4v) is 2.14. The third-order valence-electron chi connectivity index (χ3n) is 2.44. The Morgan fingerprint density at radius 3 is 2.59 bits per heavy atom. The van der Waals surface area contributed by atoms with E-state index in [2.05, 4.69) is 21.2 Å². The summed E-state index contributed by atoms with van der Waals surface area (Å²) in [6.45, 7) is 1.98. The first-order valence-electron chi connectivity index (χ1n) is 5.14. The predicted octanol–water partition coefficient (Wildman–Crippen LogP) is 4.74. The van der Waals surface area contributed by atoms with Gasteiger partial charge in [0.2, 0.25) is 0 Å². The van der Waals surface area contributed by atoms with Crippen LogP contribution in [0.5, 0.6) is 0 Å². The van der Waals surface area contributed by atoms with Crippen molar-refractivity contribution in [1.82, 2.24) is 0 Å². The number of hydrogen-bond donors (Lipinski definition) is 2. The Labute approximate surface area is 114 Å². The first kappa shape index (κ1) is 12.3. The predicted molar refractivity (Wildman–Crippen MR) is 78.0 cm³/mol. The average molecular weight is 312 g/mol. The molecule has 0 spiro atoms. The molecule has 0 aliphatic rings. The number of aryl methyl sites for hydroxylation is 1. The lowest BCUT2D eigenvalue weighted by molar-refractivity contribution is 1.45. The van der Waals surface area contributed by atoms with Gasteiger partial charge in [-0.2, -0.15) is 0 Å². The van der Waals surface area contributed by atoms with Gasteiger partial charge in [-0.15, -0.1) is 0 Å². The second-order valence-electron chi connectivity index (χ2n) is 3.83. The van der Waals surface area contributed by atoms with Crippen LogP contribution in [0.3, 0.4) is 0 Å². The van der Waals surface area contributed by atoms with E-state index in [1.54, 1.807) is 0 Å². The van der Waals surface area contributed by atoms with Crippen LogP contribution in [-0.4, -0.2) is 0 Å². The lowest BCUT2D eigenvalue weighted by Gasteiger charge is -2.10. The van der Waals surface area contributed by atoms with Gasteiger partial charge in [0.05, 0.1) is 5.69 Å². The summed E-state index contributed by atoms with van der Waals surface area (Å²) in [6, 6.07) is 11.5. The molecule has 17 heavy (non-hydrogen) atoms. The van der Waals surface area contributed by atoms with Gasteiger partial charge >= 0.3 is 0 Å². The molecule has 0 saturated heterocycles. The monoisotopic (exact) mass is 310 g/mol. The molecule has 0 aromatic heterocycles. The highest BCUT2D eigenvalue weighted by molar-refractivity contribution is 9.10. The van der Waals surface area contributed by atoms with Crippen LogP contribution in [0.2, 0.25) is 5.02 Å². The SMILES string of the molecule is Cc1ccc(Nc2ccc(N)cc2Br)cc1Cl. The molecule has 2 rings (SSSR count). The number of nitrogen functional groups attached to an aromatic ring is 1. The molecule has 3 N–H and O–H groups in total. The summed E-state index contributed by atoms with van der Waals surface area (Å²) in [5.41, 5.74) is 9.38. The van der Waals surface area contributed by atoms with Crippen molar-refractivity contribution in [2.24, 2.45) is 0 Å². The number of hydrogen-bond acceptors (Lipinski definition) is 2. The highest BCUT2D eigenvalue weighted by Crippen LogP contribution is 2.29. The van der Waals surface area contributed by atoms with E-state index in [0.717, 1.165) is 32.1 Å². The van der Waals surface area contributed by atoms with Crippen molar-refractivity contribution < 1.29 is 0 Å². The summed E-state index contributed by atoms with van der Waals surface area (Å²) >= 11 is 9.54. The number of anilines is 3. The van der Waals surface area contributed by atoms with E-state index >= 15 is 0 Å². The van der Waals surface area contributed by atoms with Crippen molar-refractivity contribution in [2.75, 3.05) is 11.1 Å². The van der Waals surface area contributed by atoms with E-state index in [1.807, 2.05) is 43.3 Å². The average Bonchev–Trinajstić information content (AvgIpc) is 2.27. The maximum absolute atomic E-state index is 6.07. The van der Waals surface area contributed by atoms with Gasteiger partial charge in [0.25, 0.3) is 0 Å². The smallest absolute Gasteiger partial charge is 0.0530 e. The molecule has 2 aromatic rings. The topological polar surface area (TPSA) is 38.0 Å². The Balaban J connectivity index is 2.28. The molecular formula is C13H12BrClN2. The van der Waals surface area contributed by atoms with Crippen molar-refractivity contribution in [1.29, 1.82) is 0 Å². The molecule has 0 fully saturated rings. The third kappa shape index (κ3) is 2.93. The molecule has 2 aromatic carbocycles. The minimum Gasteiger partial charge on any atom is -0.399 e. The van der Waals surface area contributed by atoms with E-state index in [9.17, 15) is 0 Å². The van der Waals surface area contributed by atoms with Crippen molar-refractivity contribution in [3.8, 4) is 0 Å². The van der Waals surface area contributed by atoms with Crippen LogP contribution < -0.4 is 11.1 Å². The molecule has 0 saturated carbocycles. The Kier molecular flexibility index (Phi) is 3.60. The Hall–Kier alpha value is -1.19. The van der Waals surface area contributed by atoms with Gasteiger partial charge in [0, 0.05) is 20.9 Å². The minimum atomic E-state index is 0.726. The van der Waals surface area contributed by atoms with Crippen LogP contribution in [0.1, 0.15) is 5.56 Å². The van der Waals surface area contributed by atoms with Crippen LogP contribution in [0.25, 0.3) is 0 Å². The molecule has 0 unspecified atom stereocenters. The van der Waals surface area contributed by atoms with Gasteiger partial charge < -0.3 is 11.1 Å². The molecule has 2 nitrogen and oxygen atoms in total. The Morgan fingerprint density at radius 1 is 1.18 bits per heavy atom. The maximum Gasteiger partial charge on any atom is 0.0530 e. The summed E-state index contributed by atoms with van der Waals surface area (Å²) in [7, 11) is 0. The maximum atomic E-state index is 6.07. The lowest BCUT2D eigenvalue weighted by atomic mass is 10.2. The number of nitrogens with one attached hydrogen (secondary N) is 1. The number of benzene rings is 2. The molecule has 0 aliphatic heterocycles. The second-order valence-corrected chi connectivity index (χ2v) is 5.09. The van der Waals surface area contributed by atoms with Crippen molar-refractivity contribution in [2.45, 2.75) is 6.92 Å². The summed E-state index contributed by atoms with van der Waals surface area (Å²) in [6.07, 6.45) is 0. The van der Waals surface area contributed by atoms with Gasteiger partial charge in [-0.05, 0) is 58.7 Å². The summed E-state index contributed by atoms with van der Waals surface area (Å²) in [5, 5.41) is 4.03. The van der Waals surface area contributed by atoms with Gasteiger partial charge in [-0.3, -0.25) is 0 Å². The van der Waals surface area contributed by atoms with E-state index in [4.69, 9.17) is 17.3 Å². The second kappa shape index (κ2) is 4.98. The quantitative estimate of drug-likeness (QED) is 0.786. The lowest BCUT2D eigenvalue weighted by Crippen LogP contribution is -1.93. The molecule has 0 bridgehead atoms. The van der Waals surface area contributed by atoms with E-state index in [0.29, 0.717) is 0 Å². The molecule has 88 valence electrons. The minimum absolute atomic E-state index is 0.726. The Bertz CT molecular complexity index is 555. The van der Waals surface area contributed by atoms with Crippen LogP contribution in [0.4, 0.5) is 17.1 Å². The highest BCUT2D eigenvalue weighted by atomic mass is 79.9. The zero-order valence-electron chi connectivity index (χ0n) is 9.30. The molecule has 0 amide bonds. The zero-order valence-corrected chi connectivity index (χ0v) is 11.6.